The summed E-state index contributed by atoms with van der Waals surface area (Å²) < 4.78 is 4.16. The summed E-state index contributed by atoms with van der Waals surface area (Å²) in [6.07, 6.45) is 9.78. The molecule has 4 rings (SSSR count). The molecule has 0 aliphatic rings. The number of hydrogen-bond donors (Lipinski definition) is 1. The maximum absolute atomic E-state index is 5.52. The molecule has 0 atom stereocenters. The third kappa shape index (κ3) is 2.73. The highest BCUT2D eigenvalue weighted by Crippen LogP contribution is 2.24. The van der Waals surface area contributed by atoms with Crippen LogP contribution in [0.4, 0.5) is 0 Å². The fourth-order valence-electron chi connectivity index (χ4n) is 3.41. The Kier molecular flexibility index (Phi) is 4.16. The van der Waals surface area contributed by atoms with Gasteiger partial charge >= 0.3 is 0 Å². The molecule has 0 amide bonds. The van der Waals surface area contributed by atoms with E-state index in [0.29, 0.717) is 0 Å². The van der Waals surface area contributed by atoms with Crippen molar-refractivity contribution in [3.63, 3.8) is 0 Å². The molecule has 6 heteroatoms. The quantitative estimate of drug-likeness (QED) is 0.603. The Hall–Kier alpha value is -3.15. The molecule has 4 aromatic rings. The molecule has 3 heterocycles. The topological polar surface area (TPSA) is 74.5 Å². The van der Waals surface area contributed by atoms with Crippen LogP contribution in [0.5, 0.6) is 0 Å². The largest absolute Gasteiger partial charge is 0.403 e. The van der Waals surface area contributed by atoms with E-state index < -0.39 is 0 Å². The van der Waals surface area contributed by atoms with Crippen molar-refractivity contribution >= 4 is 28.1 Å². The zero-order chi connectivity index (χ0) is 18.1. The van der Waals surface area contributed by atoms with Crippen molar-refractivity contribution in [1.82, 2.24) is 24.1 Å². The van der Waals surface area contributed by atoms with Gasteiger partial charge in [0.2, 0.25) is 0 Å². The standard InChI is InChI=1S/C20H22N6/c1-3-18-23-14(13-26(18)12-10-21)6-9-19-24-20-15-5-4-11-22-16(15)7-8-17(20)25(19)2/h4-5,7-8,10-13H,3,6,9,21H2,1-2H3/b12-10-. The third-order valence-corrected chi connectivity index (χ3v) is 4.75. The number of rotatable bonds is 5. The minimum atomic E-state index is 0.833. The Morgan fingerprint density at radius 2 is 2.00 bits per heavy atom. The fraction of sp³-hybridized carbons (Fsp3) is 0.250. The first-order valence-electron chi connectivity index (χ1n) is 8.85. The van der Waals surface area contributed by atoms with Crippen molar-refractivity contribution in [2.24, 2.45) is 12.8 Å². The molecule has 3 aromatic heterocycles. The number of pyridine rings is 1. The lowest BCUT2D eigenvalue weighted by Crippen LogP contribution is -2.00. The molecule has 0 aliphatic carbocycles. The monoisotopic (exact) mass is 346 g/mol. The normalized spacial score (nSPS) is 11.9. The maximum atomic E-state index is 5.52. The molecule has 0 unspecified atom stereocenters. The Balaban J connectivity index is 1.65. The van der Waals surface area contributed by atoms with Crippen molar-refractivity contribution in [1.29, 1.82) is 0 Å². The second-order valence-electron chi connectivity index (χ2n) is 6.34. The van der Waals surface area contributed by atoms with E-state index in [9.17, 15) is 0 Å². The molecule has 2 N–H and O–H groups in total. The van der Waals surface area contributed by atoms with Crippen molar-refractivity contribution in [2.45, 2.75) is 26.2 Å². The average molecular weight is 346 g/mol. The van der Waals surface area contributed by atoms with Crippen LogP contribution in [0, 0.1) is 0 Å². The highest BCUT2D eigenvalue weighted by molar-refractivity contribution is 6.02. The minimum absolute atomic E-state index is 0.833. The molecule has 0 bridgehead atoms. The van der Waals surface area contributed by atoms with Crippen LogP contribution in [0.3, 0.4) is 0 Å². The summed E-state index contributed by atoms with van der Waals surface area (Å²) in [5, 5.41) is 1.09. The van der Waals surface area contributed by atoms with Gasteiger partial charge in [-0.15, -0.1) is 0 Å². The number of imidazole rings is 2. The first kappa shape index (κ1) is 16.3. The number of fused-ring (bicyclic) bond motifs is 3. The Bertz CT molecular complexity index is 1100. The SMILES string of the molecule is CCc1nc(CCc2nc3c4cccnc4ccc3n2C)cn1/C=C\N. The summed E-state index contributed by atoms with van der Waals surface area (Å²) in [5.41, 5.74) is 9.69. The van der Waals surface area contributed by atoms with Crippen molar-refractivity contribution < 1.29 is 0 Å². The predicted molar refractivity (Wildman–Crippen MR) is 105 cm³/mol. The summed E-state index contributed by atoms with van der Waals surface area (Å²) >= 11 is 0. The molecule has 0 spiro atoms. The van der Waals surface area contributed by atoms with Crippen LogP contribution >= 0.6 is 0 Å². The molecule has 1 aromatic carbocycles. The first-order valence-corrected chi connectivity index (χ1v) is 8.85. The number of hydrogen-bond acceptors (Lipinski definition) is 4. The van der Waals surface area contributed by atoms with Crippen LogP contribution in [-0.2, 0) is 26.3 Å². The van der Waals surface area contributed by atoms with Gasteiger partial charge in [-0.25, -0.2) is 9.97 Å². The Labute approximate surface area is 152 Å². The van der Waals surface area contributed by atoms with Gasteiger partial charge < -0.3 is 14.9 Å². The van der Waals surface area contributed by atoms with Gasteiger partial charge in [-0.05, 0) is 30.7 Å². The molecule has 0 fully saturated rings. The van der Waals surface area contributed by atoms with Gasteiger partial charge in [0.25, 0.3) is 0 Å². The molecule has 6 nitrogen and oxygen atoms in total. The van der Waals surface area contributed by atoms with E-state index in [4.69, 9.17) is 15.7 Å². The summed E-state index contributed by atoms with van der Waals surface area (Å²) in [5.74, 6) is 2.07. The van der Waals surface area contributed by atoms with E-state index in [1.165, 1.54) is 6.20 Å². The molecule has 0 radical (unpaired) electrons. The number of benzene rings is 1. The van der Waals surface area contributed by atoms with Crippen molar-refractivity contribution in [3.8, 4) is 0 Å². The Morgan fingerprint density at radius 3 is 2.81 bits per heavy atom. The fourth-order valence-corrected chi connectivity index (χ4v) is 3.41. The van der Waals surface area contributed by atoms with Gasteiger partial charge in [-0.3, -0.25) is 4.98 Å². The molecule has 0 saturated carbocycles. The molecule has 132 valence electrons. The van der Waals surface area contributed by atoms with E-state index in [1.807, 2.05) is 29.2 Å². The van der Waals surface area contributed by atoms with E-state index in [2.05, 4.69) is 41.7 Å². The summed E-state index contributed by atoms with van der Waals surface area (Å²) in [6, 6.07) is 8.18. The maximum Gasteiger partial charge on any atom is 0.112 e. The van der Waals surface area contributed by atoms with Crippen LogP contribution in [0.1, 0.15) is 24.3 Å². The van der Waals surface area contributed by atoms with Gasteiger partial charge in [0.15, 0.2) is 0 Å². The van der Waals surface area contributed by atoms with Crippen LogP contribution < -0.4 is 5.73 Å². The lowest BCUT2D eigenvalue weighted by molar-refractivity contribution is 0.776. The minimum Gasteiger partial charge on any atom is -0.403 e. The van der Waals surface area contributed by atoms with Crippen molar-refractivity contribution in [3.05, 3.63) is 60.2 Å². The summed E-state index contributed by atoms with van der Waals surface area (Å²) in [7, 11) is 2.07. The number of aryl methyl sites for hydroxylation is 4. The second kappa shape index (κ2) is 6.63. The number of nitrogens with zero attached hydrogens (tertiary/aromatic N) is 5. The second-order valence-corrected chi connectivity index (χ2v) is 6.34. The van der Waals surface area contributed by atoms with Crippen LogP contribution in [0.25, 0.3) is 28.1 Å². The first-order chi connectivity index (χ1) is 12.7. The molecular weight excluding hydrogens is 324 g/mol. The Morgan fingerprint density at radius 1 is 1.12 bits per heavy atom. The smallest absolute Gasteiger partial charge is 0.112 e. The van der Waals surface area contributed by atoms with E-state index in [-0.39, 0.29) is 0 Å². The van der Waals surface area contributed by atoms with Gasteiger partial charge in [0, 0.05) is 50.1 Å². The van der Waals surface area contributed by atoms with Crippen LogP contribution in [-0.4, -0.2) is 24.1 Å². The van der Waals surface area contributed by atoms with Gasteiger partial charge in [0.1, 0.15) is 11.6 Å². The molecule has 0 saturated heterocycles. The predicted octanol–water partition coefficient (Wildman–Crippen LogP) is 3.05. The van der Waals surface area contributed by atoms with Crippen LogP contribution in [0.2, 0.25) is 0 Å². The van der Waals surface area contributed by atoms with E-state index in [1.54, 1.807) is 0 Å². The van der Waals surface area contributed by atoms with E-state index >= 15 is 0 Å². The number of aromatic nitrogens is 5. The van der Waals surface area contributed by atoms with Gasteiger partial charge in [0.05, 0.1) is 22.2 Å². The lowest BCUT2D eigenvalue weighted by atomic mass is 10.2. The van der Waals surface area contributed by atoms with Crippen molar-refractivity contribution in [2.75, 3.05) is 0 Å². The summed E-state index contributed by atoms with van der Waals surface area (Å²) in [6.45, 7) is 2.09. The third-order valence-electron chi connectivity index (χ3n) is 4.75. The zero-order valence-corrected chi connectivity index (χ0v) is 15.1. The van der Waals surface area contributed by atoms with E-state index in [0.717, 1.165) is 58.5 Å². The highest BCUT2D eigenvalue weighted by Gasteiger charge is 2.12. The molecular formula is C20H22N6. The average Bonchev–Trinajstić information content (AvgIpc) is 3.21. The molecule has 26 heavy (non-hydrogen) atoms. The lowest BCUT2D eigenvalue weighted by Gasteiger charge is -2.01. The highest BCUT2D eigenvalue weighted by atomic mass is 15.1. The van der Waals surface area contributed by atoms with Gasteiger partial charge in [-0.1, -0.05) is 6.92 Å². The number of nitrogens with two attached hydrogens (primary N) is 1. The van der Waals surface area contributed by atoms with Gasteiger partial charge in [-0.2, -0.15) is 0 Å². The van der Waals surface area contributed by atoms with Crippen LogP contribution in [0.15, 0.2) is 42.9 Å². The summed E-state index contributed by atoms with van der Waals surface area (Å²) in [4.78, 5) is 14.0. The molecule has 0 aliphatic heterocycles. The zero-order valence-electron chi connectivity index (χ0n) is 15.1.